The Balaban J connectivity index is 1.62. The summed E-state index contributed by atoms with van der Waals surface area (Å²) < 4.78 is 10.1. The highest BCUT2D eigenvalue weighted by molar-refractivity contribution is 6.36. The Bertz CT molecular complexity index is 1150. The van der Waals surface area contributed by atoms with Crippen LogP contribution in [0.1, 0.15) is 18.5 Å². The molecule has 0 radical (unpaired) electrons. The van der Waals surface area contributed by atoms with Gasteiger partial charge in [-0.1, -0.05) is 11.6 Å². The quantitative estimate of drug-likeness (QED) is 0.658. The molecule has 150 valence electrons. The van der Waals surface area contributed by atoms with Gasteiger partial charge in [0, 0.05) is 17.1 Å². The number of rotatable bonds is 5. The van der Waals surface area contributed by atoms with Gasteiger partial charge in [0.1, 0.15) is 23.2 Å². The number of methoxy groups -OCH3 is 1. The van der Waals surface area contributed by atoms with Crippen molar-refractivity contribution in [2.45, 2.75) is 13.0 Å². The number of anilines is 2. The number of aromatic amines is 1. The zero-order valence-corrected chi connectivity index (χ0v) is 16.5. The second-order valence-electron chi connectivity index (χ2n) is 6.47. The van der Waals surface area contributed by atoms with Crippen molar-refractivity contribution < 1.29 is 14.3 Å². The van der Waals surface area contributed by atoms with Crippen molar-refractivity contribution in [3.05, 3.63) is 51.4 Å². The van der Waals surface area contributed by atoms with Crippen LogP contribution in [0.15, 0.2) is 35.3 Å². The van der Waals surface area contributed by atoms with E-state index in [1.165, 1.54) is 12.0 Å². The van der Waals surface area contributed by atoms with Crippen molar-refractivity contribution in [3.8, 4) is 5.75 Å². The lowest BCUT2D eigenvalue weighted by Crippen LogP contribution is -2.25. The van der Waals surface area contributed by atoms with Gasteiger partial charge in [-0.2, -0.15) is 4.98 Å². The van der Waals surface area contributed by atoms with Crippen LogP contribution in [0.4, 0.5) is 16.6 Å². The molecule has 1 aliphatic heterocycles. The van der Waals surface area contributed by atoms with Crippen molar-refractivity contribution in [1.82, 2.24) is 15.0 Å². The number of cyclic esters (lactones) is 1. The number of carbonyl (C=O) groups is 1. The number of halogens is 1. The van der Waals surface area contributed by atoms with E-state index >= 15 is 0 Å². The second kappa shape index (κ2) is 7.59. The Kier molecular flexibility index (Phi) is 4.98. The van der Waals surface area contributed by atoms with Gasteiger partial charge in [-0.25, -0.2) is 9.78 Å². The minimum atomic E-state index is -0.444. The predicted octanol–water partition coefficient (Wildman–Crippen LogP) is 3.11. The molecule has 3 aromatic rings. The molecular formula is C19H18ClN5O4. The van der Waals surface area contributed by atoms with E-state index < -0.39 is 12.1 Å². The number of hydrogen-bond donors (Lipinski definition) is 2. The molecule has 0 bridgehead atoms. The number of nitrogens with one attached hydrogen (secondary N) is 2. The highest BCUT2D eigenvalue weighted by Crippen LogP contribution is 2.31. The molecule has 10 heteroatoms. The lowest BCUT2D eigenvalue weighted by Gasteiger charge is -2.16. The summed E-state index contributed by atoms with van der Waals surface area (Å²) in [4.78, 5) is 37.1. The molecule has 29 heavy (non-hydrogen) atoms. The Morgan fingerprint density at radius 2 is 2.17 bits per heavy atom. The Morgan fingerprint density at radius 3 is 2.90 bits per heavy atom. The third kappa shape index (κ3) is 3.56. The van der Waals surface area contributed by atoms with Gasteiger partial charge in [-0.3, -0.25) is 9.69 Å². The summed E-state index contributed by atoms with van der Waals surface area (Å²) in [6.45, 7) is 2.57. The summed E-state index contributed by atoms with van der Waals surface area (Å²) in [6.07, 6.45) is 1.10. The number of fused-ring (bicyclic) bond motifs is 1. The van der Waals surface area contributed by atoms with Crippen molar-refractivity contribution in [2.24, 2.45) is 0 Å². The molecule has 1 saturated heterocycles. The minimum Gasteiger partial charge on any atom is -0.495 e. The molecule has 9 nitrogen and oxygen atoms in total. The smallest absolute Gasteiger partial charge is 0.415 e. The first-order chi connectivity index (χ1) is 14.0. The van der Waals surface area contributed by atoms with Crippen LogP contribution in [-0.4, -0.2) is 41.3 Å². The predicted molar refractivity (Wildman–Crippen MR) is 109 cm³/mol. The lowest BCUT2D eigenvalue weighted by atomic mass is 10.1. The van der Waals surface area contributed by atoms with Gasteiger partial charge in [0.25, 0.3) is 5.56 Å². The van der Waals surface area contributed by atoms with E-state index in [1.807, 2.05) is 13.0 Å². The second-order valence-corrected chi connectivity index (χ2v) is 6.85. The average molecular weight is 416 g/mol. The molecule has 1 fully saturated rings. The topological polar surface area (TPSA) is 109 Å². The SMILES string of the molecule is COc1ccc2cc(C(C)Nc3nccc(N4CCOC4=O)n3)c(=O)[nH]c2c1Cl. The van der Waals surface area contributed by atoms with Gasteiger partial charge in [-0.15, -0.1) is 0 Å². The maximum Gasteiger partial charge on any atom is 0.415 e. The fourth-order valence-corrected chi connectivity index (χ4v) is 3.46. The van der Waals surface area contributed by atoms with Gasteiger partial charge >= 0.3 is 6.09 Å². The zero-order valence-electron chi connectivity index (χ0n) is 15.7. The van der Waals surface area contributed by atoms with Gasteiger partial charge in [0.2, 0.25) is 5.95 Å². The van der Waals surface area contributed by atoms with Crippen LogP contribution >= 0.6 is 11.6 Å². The van der Waals surface area contributed by atoms with Crippen LogP contribution in [0.2, 0.25) is 5.02 Å². The molecular weight excluding hydrogens is 398 g/mol. The fourth-order valence-electron chi connectivity index (χ4n) is 3.16. The van der Waals surface area contributed by atoms with E-state index in [4.69, 9.17) is 21.1 Å². The molecule has 0 aliphatic carbocycles. The van der Waals surface area contributed by atoms with Gasteiger partial charge in [-0.05, 0) is 31.2 Å². The third-order valence-corrected chi connectivity index (χ3v) is 5.04. The van der Waals surface area contributed by atoms with Gasteiger partial charge < -0.3 is 19.8 Å². The largest absolute Gasteiger partial charge is 0.495 e. The zero-order chi connectivity index (χ0) is 20.5. The monoisotopic (exact) mass is 415 g/mol. The number of H-pyrrole nitrogens is 1. The summed E-state index contributed by atoms with van der Waals surface area (Å²) in [5, 5.41) is 4.22. The summed E-state index contributed by atoms with van der Waals surface area (Å²) >= 11 is 6.29. The number of amides is 1. The van der Waals surface area contributed by atoms with Crippen molar-refractivity contribution in [2.75, 3.05) is 30.5 Å². The van der Waals surface area contributed by atoms with Crippen LogP contribution in [0.25, 0.3) is 10.9 Å². The summed E-state index contributed by atoms with van der Waals surface area (Å²) in [6, 6.07) is 6.55. The number of aromatic nitrogens is 3. The Labute approximate surface area is 170 Å². The highest BCUT2D eigenvalue weighted by atomic mass is 35.5. The van der Waals surface area contributed by atoms with Crippen LogP contribution in [0.3, 0.4) is 0 Å². The minimum absolute atomic E-state index is 0.285. The van der Waals surface area contributed by atoms with Crippen LogP contribution in [-0.2, 0) is 4.74 Å². The van der Waals surface area contributed by atoms with E-state index in [2.05, 4.69) is 20.3 Å². The van der Waals surface area contributed by atoms with E-state index in [1.54, 1.807) is 24.4 Å². The number of nitrogens with zero attached hydrogens (tertiary/aromatic N) is 3. The standard InChI is InChI=1S/C19H18ClN5O4/c1-10(22-18-21-6-5-14(23-18)25-7-8-29-19(25)27)12-9-11-3-4-13(28-2)15(20)16(11)24-17(12)26/h3-6,9-10H,7-8H2,1-2H3,(H,24,26)(H,21,22,23). The molecule has 1 unspecified atom stereocenters. The van der Waals surface area contributed by atoms with Crippen LogP contribution < -0.4 is 20.5 Å². The van der Waals surface area contributed by atoms with E-state index in [-0.39, 0.29) is 5.56 Å². The van der Waals surface area contributed by atoms with Gasteiger partial charge in [0.15, 0.2) is 0 Å². The molecule has 2 aromatic heterocycles. The van der Waals surface area contributed by atoms with E-state index in [0.717, 1.165) is 5.39 Å². The summed E-state index contributed by atoms with van der Waals surface area (Å²) in [5.74, 6) is 1.21. The first kappa shape index (κ1) is 19.0. The van der Waals surface area contributed by atoms with Gasteiger partial charge in [0.05, 0.1) is 25.2 Å². The number of benzene rings is 1. The molecule has 1 aromatic carbocycles. The Morgan fingerprint density at radius 1 is 1.34 bits per heavy atom. The van der Waals surface area contributed by atoms with Crippen molar-refractivity contribution >= 4 is 40.4 Å². The third-order valence-electron chi connectivity index (χ3n) is 4.66. The Hall–Kier alpha value is -3.33. The number of pyridine rings is 1. The normalized spacial score (nSPS) is 14.7. The van der Waals surface area contributed by atoms with Crippen LogP contribution in [0, 0.1) is 0 Å². The number of hydrogen-bond acceptors (Lipinski definition) is 7. The molecule has 2 N–H and O–H groups in total. The van der Waals surface area contributed by atoms with Crippen molar-refractivity contribution in [3.63, 3.8) is 0 Å². The highest BCUT2D eigenvalue weighted by Gasteiger charge is 2.25. The van der Waals surface area contributed by atoms with Crippen molar-refractivity contribution in [1.29, 1.82) is 0 Å². The number of carbonyl (C=O) groups excluding carboxylic acids is 1. The molecule has 0 spiro atoms. The molecule has 1 atom stereocenters. The van der Waals surface area contributed by atoms with E-state index in [9.17, 15) is 9.59 Å². The summed E-state index contributed by atoms with van der Waals surface area (Å²) in [7, 11) is 1.52. The first-order valence-electron chi connectivity index (χ1n) is 8.91. The molecule has 4 rings (SSSR count). The summed E-state index contributed by atoms with van der Waals surface area (Å²) in [5.41, 5.74) is 0.720. The molecule has 0 saturated carbocycles. The molecule has 1 amide bonds. The average Bonchev–Trinajstić information content (AvgIpc) is 3.14. The lowest BCUT2D eigenvalue weighted by molar-refractivity contribution is 0.181. The number of ether oxygens (including phenoxy) is 2. The fraction of sp³-hybridized carbons (Fsp3) is 0.263. The molecule has 1 aliphatic rings. The molecule has 3 heterocycles. The van der Waals surface area contributed by atoms with Crippen LogP contribution in [0.5, 0.6) is 5.75 Å². The van der Waals surface area contributed by atoms with E-state index in [0.29, 0.717) is 46.8 Å². The first-order valence-corrected chi connectivity index (χ1v) is 9.29. The maximum absolute atomic E-state index is 12.6. The maximum atomic E-state index is 12.6.